The number of allylic oxidation sites excluding steroid dienone is 3. The van der Waals surface area contributed by atoms with Crippen molar-refractivity contribution in [3.05, 3.63) is 23.8 Å². The van der Waals surface area contributed by atoms with Crippen molar-refractivity contribution in [3.8, 4) is 0 Å². The van der Waals surface area contributed by atoms with Crippen LogP contribution in [0.3, 0.4) is 0 Å². The number of carbonyl (C=O) groups excluding carboxylic acids is 1. The summed E-state index contributed by atoms with van der Waals surface area (Å²) in [5.74, 6) is 0.197. The zero-order valence-corrected chi connectivity index (χ0v) is 7.58. The molecule has 0 saturated carbocycles. The predicted octanol–water partition coefficient (Wildman–Crippen LogP) is 1.63. The summed E-state index contributed by atoms with van der Waals surface area (Å²) in [4.78, 5) is 10.8. The summed E-state index contributed by atoms with van der Waals surface area (Å²) < 4.78 is 0. The van der Waals surface area contributed by atoms with E-state index in [0.29, 0.717) is 5.92 Å². The molecule has 0 saturated heterocycles. The lowest BCUT2D eigenvalue weighted by Gasteiger charge is -2.14. The molecule has 1 aliphatic rings. The molecule has 0 bridgehead atoms. The van der Waals surface area contributed by atoms with Crippen LogP contribution in [-0.2, 0) is 4.79 Å². The van der Waals surface area contributed by atoms with Crippen molar-refractivity contribution in [2.45, 2.75) is 20.3 Å². The molecular formula is C10H15NO. The van der Waals surface area contributed by atoms with E-state index in [1.807, 2.05) is 13.0 Å². The molecule has 66 valence electrons. The Balaban J connectivity index is 2.66. The van der Waals surface area contributed by atoms with Gasteiger partial charge in [0, 0.05) is 0 Å². The Bertz CT molecular complexity index is 240. The second kappa shape index (κ2) is 3.57. The monoisotopic (exact) mass is 165 g/mol. The van der Waals surface area contributed by atoms with Crippen molar-refractivity contribution in [2.24, 2.45) is 17.6 Å². The molecule has 0 aromatic rings. The average molecular weight is 165 g/mol. The molecule has 0 aromatic heterocycles. The number of hydrogen-bond donors (Lipinski definition) is 1. The van der Waals surface area contributed by atoms with E-state index in [1.54, 1.807) is 0 Å². The Kier molecular flexibility index (Phi) is 2.69. The van der Waals surface area contributed by atoms with Gasteiger partial charge in [0.1, 0.15) is 0 Å². The number of nitrogens with two attached hydrogens (primary N) is 1. The third-order valence-electron chi connectivity index (χ3n) is 2.27. The van der Waals surface area contributed by atoms with Crippen LogP contribution in [0.5, 0.6) is 0 Å². The normalized spacial score (nSPS) is 24.8. The maximum absolute atomic E-state index is 10.8. The van der Waals surface area contributed by atoms with Gasteiger partial charge in [-0.15, -0.1) is 0 Å². The molecule has 2 atom stereocenters. The van der Waals surface area contributed by atoms with Gasteiger partial charge < -0.3 is 5.73 Å². The molecule has 1 unspecified atom stereocenters. The predicted molar refractivity (Wildman–Crippen MR) is 49.4 cm³/mol. The van der Waals surface area contributed by atoms with Crippen LogP contribution in [0.4, 0.5) is 0 Å². The summed E-state index contributed by atoms with van der Waals surface area (Å²) in [6.45, 7) is 3.99. The highest BCUT2D eigenvalue weighted by Gasteiger charge is 2.14. The maximum atomic E-state index is 10.8. The molecule has 2 nitrogen and oxygen atoms in total. The molecular weight excluding hydrogens is 150 g/mol. The second-order valence-electron chi connectivity index (χ2n) is 3.40. The lowest BCUT2D eigenvalue weighted by Crippen LogP contribution is -2.22. The highest BCUT2D eigenvalue weighted by Crippen LogP contribution is 2.20. The molecule has 2 N–H and O–H groups in total. The molecule has 0 aliphatic heterocycles. The van der Waals surface area contributed by atoms with Gasteiger partial charge in [-0.2, -0.15) is 0 Å². The van der Waals surface area contributed by atoms with Crippen LogP contribution >= 0.6 is 0 Å². The second-order valence-corrected chi connectivity index (χ2v) is 3.40. The van der Waals surface area contributed by atoms with Gasteiger partial charge in [-0.1, -0.05) is 25.2 Å². The number of rotatable bonds is 2. The van der Waals surface area contributed by atoms with Crippen LogP contribution in [0.1, 0.15) is 20.3 Å². The number of amides is 1. The largest absolute Gasteiger partial charge is 0.369 e. The number of carbonyl (C=O) groups is 1. The first kappa shape index (κ1) is 9.04. The molecule has 1 amide bonds. The lowest BCUT2D eigenvalue weighted by molar-refractivity contribution is -0.120. The van der Waals surface area contributed by atoms with E-state index in [0.717, 1.165) is 12.0 Å². The number of hydrogen-bond acceptors (Lipinski definition) is 1. The Morgan fingerprint density at radius 2 is 2.42 bits per heavy atom. The topological polar surface area (TPSA) is 43.1 Å². The van der Waals surface area contributed by atoms with E-state index >= 15 is 0 Å². The molecule has 0 fully saturated rings. The third kappa shape index (κ3) is 1.97. The first-order chi connectivity index (χ1) is 5.61. The summed E-state index contributed by atoms with van der Waals surface area (Å²) in [6, 6.07) is 0. The van der Waals surface area contributed by atoms with Crippen molar-refractivity contribution >= 4 is 5.91 Å². The van der Waals surface area contributed by atoms with E-state index in [9.17, 15) is 4.79 Å². The fraction of sp³-hybridized carbons (Fsp3) is 0.500. The van der Waals surface area contributed by atoms with Crippen LogP contribution in [0.2, 0.25) is 0 Å². The van der Waals surface area contributed by atoms with E-state index < -0.39 is 0 Å². The SMILES string of the molecule is CC1C=CC([C@H](C)C(N)=O)=CC1. The maximum Gasteiger partial charge on any atom is 0.224 e. The van der Waals surface area contributed by atoms with Crippen molar-refractivity contribution in [2.75, 3.05) is 0 Å². The average Bonchev–Trinajstić information content (AvgIpc) is 2.04. The summed E-state index contributed by atoms with van der Waals surface area (Å²) >= 11 is 0. The van der Waals surface area contributed by atoms with E-state index in [-0.39, 0.29) is 11.8 Å². The van der Waals surface area contributed by atoms with Crippen LogP contribution < -0.4 is 5.73 Å². The van der Waals surface area contributed by atoms with Gasteiger partial charge in [0.05, 0.1) is 5.92 Å². The summed E-state index contributed by atoms with van der Waals surface area (Å²) in [5, 5.41) is 0. The van der Waals surface area contributed by atoms with Crippen molar-refractivity contribution in [1.82, 2.24) is 0 Å². The fourth-order valence-corrected chi connectivity index (χ4v) is 1.23. The van der Waals surface area contributed by atoms with Gasteiger partial charge in [0.15, 0.2) is 0 Å². The van der Waals surface area contributed by atoms with Gasteiger partial charge in [-0.05, 0) is 24.8 Å². The summed E-state index contributed by atoms with van der Waals surface area (Å²) in [5.41, 5.74) is 6.24. The highest BCUT2D eigenvalue weighted by atomic mass is 16.1. The van der Waals surface area contributed by atoms with Gasteiger partial charge in [-0.3, -0.25) is 4.79 Å². The minimum atomic E-state index is -0.250. The van der Waals surface area contributed by atoms with E-state index in [2.05, 4.69) is 19.1 Å². The van der Waals surface area contributed by atoms with Gasteiger partial charge in [0.2, 0.25) is 5.91 Å². The molecule has 0 spiro atoms. The molecule has 0 radical (unpaired) electrons. The Morgan fingerprint density at radius 1 is 1.75 bits per heavy atom. The molecule has 2 heteroatoms. The van der Waals surface area contributed by atoms with Gasteiger partial charge >= 0.3 is 0 Å². The molecule has 0 heterocycles. The Labute approximate surface area is 73.1 Å². The van der Waals surface area contributed by atoms with Crippen LogP contribution in [0.25, 0.3) is 0 Å². The molecule has 0 aromatic carbocycles. The number of primary amides is 1. The Hall–Kier alpha value is -1.05. The van der Waals surface area contributed by atoms with E-state index in [1.165, 1.54) is 0 Å². The van der Waals surface area contributed by atoms with Crippen LogP contribution in [-0.4, -0.2) is 5.91 Å². The third-order valence-corrected chi connectivity index (χ3v) is 2.27. The van der Waals surface area contributed by atoms with Gasteiger partial charge in [0.25, 0.3) is 0 Å². The first-order valence-electron chi connectivity index (χ1n) is 4.29. The summed E-state index contributed by atoms with van der Waals surface area (Å²) in [6.07, 6.45) is 7.24. The Morgan fingerprint density at radius 3 is 2.83 bits per heavy atom. The van der Waals surface area contributed by atoms with Crippen molar-refractivity contribution in [3.63, 3.8) is 0 Å². The quantitative estimate of drug-likeness (QED) is 0.664. The fourth-order valence-electron chi connectivity index (χ4n) is 1.23. The lowest BCUT2D eigenvalue weighted by atomic mass is 9.91. The zero-order valence-electron chi connectivity index (χ0n) is 7.58. The first-order valence-corrected chi connectivity index (χ1v) is 4.29. The highest BCUT2D eigenvalue weighted by molar-refractivity contribution is 5.80. The minimum Gasteiger partial charge on any atom is -0.369 e. The molecule has 1 aliphatic carbocycles. The smallest absolute Gasteiger partial charge is 0.224 e. The zero-order chi connectivity index (χ0) is 9.14. The summed E-state index contributed by atoms with van der Waals surface area (Å²) in [7, 11) is 0. The van der Waals surface area contributed by atoms with Crippen molar-refractivity contribution < 1.29 is 4.79 Å². The molecule has 12 heavy (non-hydrogen) atoms. The van der Waals surface area contributed by atoms with Crippen molar-refractivity contribution in [1.29, 1.82) is 0 Å². The van der Waals surface area contributed by atoms with Crippen LogP contribution in [0, 0.1) is 11.8 Å². The van der Waals surface area contributed by atoms with Crippen LogP contribution in [0.15, 0.2) is 23.8 Å². The van der Waals surface area contributed by atoms with E-state index in [4.69, 9.17) is 5.73 Å². The minimum absolute atomic E-state index is 0.145. The van der Waals surface area contributed by atoms with Gasteiger partial charge in [-0.25, -0.2) is 0 Å². The standard InChI is InChI=1S/C10H15NO/c1-7-3-5-9(6-4-7)8(2)10(11)12/h3,5-8H,4H2,1-2H3,(H2,11,12)/t7?,8-/m0/s1. The molecule has 1 rings (SSSR count).